The molecule has 0 unspecified atom stereocenters. The summed E-state index contributed by atoms with van der Waals surface area (Å²) >= 11 is 0. The summed E-state index contributed by atoms with van der Waals surface area (Å²) in [6.45, 7) is 5.41. The van der Waals surface area contributed by atoms with Gasteiger partial charge in [0.25, 0.3) is 0 Å². The van der Waals surface area contributed by atoms with Crippen molar-refractivity contribution in [2.24, 2.45) is 0 Å². The number of carbonyl (C=O) groups excluding carboxylic acids is 2. The maximum absolute atomic E-state index is 13.1. The summed E-state index contributed by atoms with van der Waals surface area (Å²) in [5, 5.41) is 5.79. The number of rotatable bonds is 5. The van der Waals surface area contributed by atoms with Crippen molar-refractivity contribution in [1.82, 2.24) is 0 Å². The van der Waals surface area contributed by atoms with Crippen molar-refractivity contribution in [2.45, 2.75) is 27.2 Å². The molecular formula is C24H23FN2O2. The summed E-state index contributed by atoms with van der Waals surface area (Å²) in [5.41, 5.74) is 5.93. The van der Waals surface area contributed by atoms with E-state index < -0.39 is 0 Å². The number of nitrogens with one attached hydrogen (secondary N) is 2. The van der Waals surface area contributed by atoms with E-state index in [-0.39, 0.29) is 24.1 Å². The van der Waals surface area contributed by atoms with Crippen molar-refractivity contribution in [3.05, 3.63) is 83.2 Å². The number of aryl methyl sites for hydroxylation is 2. The smallest absolute Gasteiger partial charge is 0.228 e. The highest BCUT2D eigenvalue weighted by molar-refractivity contribution is 5.98. The monoisotopic (exact) mass is 390 g/mol. The number of anilines is 2. The third-order valence-electron chi connectivity index (χ3n) is 4.52. The normalized spacial score (nSPS) is 10.5. The predicted molar refractivity (Wildman–Crippen MR) is 114 cm³/mol. The highest BCUT2D eigenvalue weighted by Gasteiger charge is 2.14. The Labute approximate surface area is 169 Å². The van der Waals surface area contributed by atoms with Crippen LogP contribution in [0, 0.1) is 19.7 Å². The fourth-order valence-electron chi connectivity index (χ4n) is 3.30. The van der Waals surface area contributed by atoms with Gasteiger partial charge in [0.1, 0.15) is 5.82 Å². The lowest BCUT2D eigenvalue weighted by Crippen LogP contribution is -2.16. The molecule has 4 nitrogen and oxygen atoms in total. The summed E-state index contributed by atoms with van der Waals surface area (Å²) in [4.78, 5) is 24.0. The third kappa shape index (κ3) is 5.29. The lowest BCUT2D eigenvalue weighted by Gasteiger charge is -2.16. The molecule has 0 spiro atoms. The summed E-state index contributed by atoms with van der Waals surface area (Å²) in [7, 11) is 0. The van der Waals surface area contributed by atoms with Gasteiger partial charge in [-0.3, -0.25) is 9.59 Å². The number of halogens is 1. The first-order valence-electron chi connectivity index (χ1n) is 9.35. The van der Waals surface area contributed by atoms with Crippen LogP contribution in [0.3, 0.4) is 0 Å². The molecule has 0 saturated carbocycles. The molecule has 0 saturated heterocycles. The van der Waals surface area contributed by atoms with Gasteiger partial charge in [-0.05, 0) is 60.9 Å². The highest BCUT2D eigenvalue weighted by atomic mass is 19.1. The topological polar surface area (TPSA) is 58.2 Å². The Hall–Kier alpha value is -3.47. The molecule has 148 valence electrons. The fourth-order valence-corrected chi connectivity index (χ4v) is 3.30. The first-order valence-corrected chi connectivity index (χ1v) is 9.35. The SMILES string of the molecule is CC(=O)Nc1cccc(-c2cc(C)cc(C)c2NC(=O)Cc2ccc(F)cc2)c1. The van der Waals surface area contributed by atoms with Gasteiger partial charge in [-0.25, -0.2) is 4.39 Å². The van der Waals surface area contributed by atoms with E-state index in [1.807, 2.05) is 50.2 Å². The van der Waals surface area contributed by atoms with Gasteiger partial charge >= 0.3 is 0 Å². The van der Waals surface area contributed by atoms with Gasteiger partial charge in [0.15, 0.2) is 0 Å². The standard InChI is InChI=1S/C24H23FN2O2/c1-15-11-16(2)24(27-23(29)13-18-7-9-20(25)10-8-18)22(12-15)19-5-4-6-21(14-19)26-17(3)28/h4-12,14H,13H2,1-3H3,(H,26,28)(H,27,29). The van der Waals surface area contributed by atoms with E-state index >= 15 is 0 Å². The first kappa shape index (κ1) is 20.3. The van der Waals surface area contributed by atoms with Crippen LogP contribution in [-0.2, 0) is 16.0 Å². The molecule has 3 aromatic rings. The van der Waals surface area contributed by atoms with Gasteiger partial charge in [-0.2, -0.15) is 0 Å². The summed E-state index contributed by atoms with van der Waals surface area (Å²) < 4.78 is 13.1. The van der Waals surface area contributed by atoms with Crippen molar-refractivity contribution in [2.75, 3.05) is 10.6 Å². The van der Waals surface area contributed by atoms with E-state index in [0.717, 1.165) is 33.5 Å². The van der Waals surface area contributed by atoms with Crippen molar-refractivity contribution in [1.29, 1.82) is 0 Å². The third-order valence-corrected chi connectivity index (χ3v) is 4.52. The van der Waals surface area contributed by atoms with Gasteiger partial charge in [0, 0.05) is 18.2 Å². The van der Waals surface area contributed by atoms with Gasteiger partial charge < -0.3 is 10.6 Å². The summed E-state index contributed by atoms with van der Waals surface area (Å²) in [5.74, 6) is -0.650. The van der Waals surface area contributed by atoms with Crippen LogP contribution in [0.4, 0.5) is 15.8 Å². The zero-order valence-electron chi connectivity index (χ0n) is 16.7. The van der Waals surface area contributed by atoms with Crippen LogP contribution in [-0.4, -0.2) is 11.8 Å². The molecule has 3 rings (SSSR count). The summed E-state index contributed by atoms with van der Waals surface area (Å²) in [6.07, 6.45) is 0.152. The zero-order chi connectivity index (χ0) is 21.0. The molecular weight excluding hydrogens is 367 g/mol. The molecule has 0 atom stereocenters. The first-order chi connectivity index (χ1) is 13.8. The van der Waals surface area contributed by atoms with Gasteiger partial charge in [-0.15, -0.1) is 0 Å². The lowest BCUT2D eigenvalue weighted by atomic mass is 9.97. The number of hydrogen-bond donors (Lipinski definition) is 2. The van der Waals surface area contributed by atoms with Crippen LogP contribution in [0.1, 0.15) is 23.6 Å². The second kappa shape index (κ2) is 8.69. The van der Waals surface area contributed by atoms with E-state index in [9.17, 15) is 14.0 Å². The van der Waals surface area contributed by atoms with Gasteiger partial charge in [-0.1, -0.05) is 35.9 Å². The Morgan fingerprint density at radius 1 is 0.931 bits per heavy atom. The van der Waals surface area contributed by atoms with E-state index in [1.54, 1.807) is 12.1 Å². The molecule has 0 aliphatic rings. The second-order valence-electron chi connectivity index (χ2n) is 7.12. The van der Waals surface area contributed by atoms with Crippen LogP contribution in [0.5, 0.6) is 0 Å². The van der Waals surface area contributed by atoms with Gasteiger partial charge in [0.2, 0.25) is 11.8 Å². The van der Waals surface area contributed by atoms with Gasteiger partial charge in [0.05, 0.1) is 12.1 Å². The quantitative estimate of drug-likeness (QED) is 0.625. The largest absolute Gasteiger partial charge is 0.326 e. The molecule has 0 fully saturated rings. The second-order valence-corrected chi connectivity index (χ2v) is 7.12. The Balaban J connectivity index is 1.92. The van der Waals surface area contributed by atoms with E-state index in [2.05, 4.69) is 10.6 Å². The maximum Gasteiger partial charge on any atom is 0.228 e. The van der Waals surface area contributed by atoms with Crippen LogP contribution < -0.4 is 10.6 Å². The minimum Gasteiger partial charge on any atom is -0.326 e. The maximum atomic E-state index is 13.1. The number of amides is 2. The molecule has 29 heavy (non-hydrogen) atoms. The zero-order valence-corrected chi connectivity index (χ0v) is 16.7. The number of hydrogen-bond acceptors (Lipinski definition) is 2. The fraction of sp³-hybridized carbons (Fsp3) is 0.167. The Morgan fingerprint density at radius 2 is 1.66 bits per heavy atom. The van der Waals surface area contributed by atoms with Crippen LogP contribution in [0.25, 0.3) is 11.1 Å². The van der Waals surface area contributed by atoms with E-state index in [1.165, 1.54) is 19.1 Å². The molecule has 0 radical (unpaired) electrons. The van der Waals surface area contributed by atoms with Crippen molar-refractivity contribution >= 4 is 23.2 Å². The minimum atomic E-state index is -0.329. The van der Waals surface area contributed by atoms with Crippen LogP contribution in [0.15, 0.2) is 60.7 Å². The lowest BCUT2D eigenvalue weighted by molar-refractivity contribution is -0.116. The average molecular weight is 390 g/mol. The molecule has 2 N–H and O–H groups in total. The highest BCUT2D eigenvalue weighted by Crippen LogP contribution is 2.33. The molecule has 0 aromatic heterocycles. The summed E-state index contributed by atoms with van der Waals surface area (Å²) in [6, 6.07) is 17.4. The number of benzene rings is 3. The van der Waals surface area contributed by atoms with Crippen molar-refractivity contribution in [3.8, 4) is 11.1 Å². The number of carbonyl (C=O) groups is 2. The van der Waals surface area contributed by atoms with E-state index in [4.69, 9.17) is 0 Å². The average Bonchev–Trinajstić information content (AvgIpc) is 2.65. The molecule has 2 amide bonds. The molecule has 0 aliphatic heterocycles. The van der Waals surface area contributed by atoms with Crippen LogP contribution in [0.2, 0.25) is 0 Å². The predicted octanol–water partition coefficient (Wildman–Crippen LogP) is 5.25. The molecule has 3 aromatic carbocycles. The minimum absolute atomic E-state index is 0.143. The van der Waals surface area contributed by atoms with Crippen LogP contribution >= 0.6 is 0 Å². The molecule has 0 aliphatic carbocycles. The van der Waals surface area contributed by atoms with E-state index in [0.29, 0.717) is 5.69 Å². The Morgan fingerprint density at radius 3 is 2.34 bits per heavy atom. The molecule has 0 bridgehead atoms. The van der Waals surface area contributed by atoms with Crippen molar-refractivity contribution in [3.63, 3.8) is 0 Å². The Kier molecular flexibility index (Phi) is 6.07. The molecule has 5 heteroatoms. The Bertz CT molecular complexity index is 1060. The van der Waals surface area contributed by atoms with Crippen molar-refractivity contribution < 1.29 is 14.0 Å². The molecule has 0 heterocycles.